The third-order valence-electron chi connectivity index (χ3n) is 2.20. The summed E-state index contributed by atoms with van der Waals surface area (Å²) in [5.74, 6) is 0.716. The first-order chi connectivity index (χ1) is 7.92. The van der Waals surface area contributed by atoms with Gasteiger partial charge in [-0.25, -0.2) is 13.1 Å². The molecule has 0 aliphatic heterocycles. The Balaban J connectivity index is 3.00. The molecule has 1 heterocycles. The smallest absolute Gasteiger partial charge is 0.244 e. The highest BCUT2D eigenvalue weighted by Crippen LogP contribution is 2.17. The second kappa shape index (κ2) is 5.85. The molecule has 0 saturated heterocycles. The topological polar surface area (TPSA) is 101 Å². The molecule has 0 fully saturated rings. The maximum absolute atomic E-state index is 12.1. The van der Waals surface area contributed by atoms with Crippen molar-refractivity contribution in [3.05, 3.63) is 11.4 Å². The minimum atomic E-state index is -3.55. The maximum atomic E-state index is 12.1. The lowest BCUT2D eigenvalue weighted by Gasteiger charge is -2.13. The molecule has 0 radical (unpaired) electrons. The number of nitrogens with two attached hydrogens (primary N) is 1. The number of aromatic amines is 1. The number of nitrogens with zero attached hydrogens (tertiary/aromatic N) is 1. The van der Waals surface area contributed by atoms with Crippen molar-refractivity contribution in [2.24, 2.45) is 5.73 Å². The first kappa shape index (κ1) is 14.5. The average Bonchev–Trinajstić information content (AvgIpc) is 2.59. The van der Waals surface area contributed by atoms with Gasteiger partial charge in [-0.2, -0.15) is 16.9 Å². The summed E-state index contributed by atoms with van der Waals surface area (Å²) in [6, 6.07) is -0.130. The number of H-pyrrole nitrogens is 1. The van der Waals surface area contributed by atoms with Gasteiger partial charge in [0.1, 0.15) is 4.90 Å². The van der Waals surface area contributed by atoms with Crippen molar-refractivity contribution in [3.63, 3.8) is 0 Å². The molecule has 0 aromatic carbocycles. The molecule has 4 N–H and O–H groups in total. The fourth-order valence-electron chi connectivity index (χ4n) is 1.57. The number of rotatable bonds is 6. The highest BCUT2D eigenvalue weighted by Gasteiger charge is 2.24. The van der Waals surface area contributed by atoms with E-state index < -0.39 is 10.0 Å². The molecule has 1 rings (SSSR count). The van der Waals surface area contributed by atoms with E-state index in [1.807, 2.05) is 13.2 Å². The van der Waals surface area contributed by atoms with Gasteiger partial charge in [-0.1, -0.05) is 0 Å². The van der Waals surface area contributed by atoms with Crippen LogP contribution in [0.25, 0.3) is 0 Å². The van der Waals surface area contributed by atoms with Gasteiger partial charge < -0.3 is 5.73 Å². The Hall–Kier alpha value is -0.570. The number of thioether (sulfide) groups is 1. The fourth-order valence-corrected chi connectivity index (χ4v) is 3.88. The van der Waals surface area contributed by atoms with Gasteiger partial charge >= 0.3 is 0 Å². The largest absolute Gasteiger partial charge is 0.325 e. The molecule has 0 amide bonds. The molecule has 0 spiro atoms. The lowest BCUT2D eigenvalue weighted by Crippen LogP contribution is -2.35. The number of aromatic nitrogens is 2. The van der Waals surface area contributed by atoms with Gasteiger partial charge in [-0.05, 0) is 20.1 Å². The van der Waals surface area contributed by atoms with E-state index in [4.69, 9.17) is 5.73 Å². The third kappa shape index (κ3) is 3.44. The zero-order valence-electron chi connectivity index (χ0n) is 10.1. The predicted octanol–water partition coefficient (Wildman–Crippen LogP) is 0.207. The quantitative estimate of drug-likeness (QED) is 0.690. The minimum Gasteiger partial charge on any atom is -0.325 e. The van der Waals surface area contributed by atoms with Crippen molar-refractivity contribution in [2.75, 3.05) is 12.0 Å². The van der Waals surface area contributed by atoms with Crippen molar-refractivity contribution in [1.82, 2.24) is 14.9 Å². The molecule has 1 unspecified atom stereocenters. The first-order valence-corrected chi connectivity index (χ1v) is 8.05. The molecule has 17 heavy (non-hydrogen) atoms. The van der Waals surface area contributed by atoms with Crippen molar-refractivity contribution in [1.29, 1.82) is 0 Å². The Morgan fingerprint density at radius 3 is 2.76 bits per heavy atom. The van der Waals surface area contributed by atoms with E-state index in [9.17, 15) is 8.42 Å². The summed E-state index contributed by atoms with van der Waals surface area (Å²) in [7, 11) is -3.55. The standard InChI is InChI=1S/C9H18N4O2S2/c1-6(5-16-3)13-17(14,15)9-7(2)11-12-8(9)4-10/h6,13H,4-5,10H2,1-3H3,(H,11,12). The van der Waals surface area contributed by atoms with Gasteiger partial charge in [-0.3, -0.25) is 5.10 Å². The van der Waals surface area contributed by atoms with Crippen LogP contribution in [-0.4, -0.2) is 36.7 Å². The number of hydrogen-bond donors (Lipinski definition) is 3. The molecule has 98 valence electrons. The van der Waals surface area contributed by atoms with Crippen molar-refractivity contribution >= 4 is 21.8 Å². The van der Waals surface area contributed by atoms with E-state index in [0.29, 0.717) is 17.1 Å². The van der Waals surface area contributed by atoms with E-state index in [-0.39, 0.29) is 17.5 Å². The molecule has 0 aliphatic carbocycles. The van der Waals surface area contributed by atoms with Crippen molar-refractivity contribution < 1.29 is 8.42 Å². The van der Waals surface area contributed by atoms with Gasteiger partial charge in [0.15, 0.2) is 0 Å². The van der Waals surface area contributed by atoms with Crippen LogP contribution in [0.5, 0.6) is 0 Å². The van der Waals surface area contributed by atoms with Crippen LogP contribution in [0, 0.1) is 6.92 Å². The van der Waals surface area contributed by atoms with Crippen molar-refractivity contribution in [2.45, 2.75) is 31.3 Å². The number of hydrogen-bond acceptors (Lipinski definition) is 5. The van der Waals surface area contributed by atoms with E-state index in [0.717, 1.165) is 0 Å². The van der Waals surface area contributed by atoms with Gasteiger partial charge in [0.25, 0.3) is 0 Å². The Morgan fingerprint density at radius 2 is 2.24 bits per heavy atom. The Kier molecular flexibility index (Phi) is 4.99. The summed E-state index contributed by atoms with van der Waals surface area (Å²) >= 11 is 1.59. The molecular formula is C9H18N4O2S2. The molecule has 0 saturated carbocycles. The highest BCUT2D eigenvalue weighted by molar-refractivity contribution is 7.98. The van der Waals surface area contributed by atoms with Crippen LogP contribution in [0.1, 0.15) is 18.3 Å². The predicted molar refractivity (Wildman–Crippen MR) is 69.4 cm³/mol. The van der Waals surface area contributed by atoms with Crippen molar-refractivity contribution in [3.8, 4) is 0 Å². The monoisotopic (exact) mass is 278 g/mol. The van der Waals surface area contributed by atoms with E-state index >= 15 is 0 Å². The molecule has 0 bridgehead atoms. The minimum absolute atomic E-state index is 0.0947. The van der Waals surface area contributed by atoms with Crippen LogP contribution in [0.15, 0.2) is 4.90 Å². The summed E-state index contributed by atoms with van der Waals surface area (Å²) in [6.07, 6.45) is 1.93. The van der Waals surface area contributed by atoms with Crippen LogP contribution < -0.4 is 10.5 Å². The lowest BCUT2D eigenvalue weighted by atomic mass is 10.4. The molecule has 6 nitrogen and oxygen atoms in total. The van der Waals surface area contributed by atoms with E-state index in [2.05, 4.69) is 14.9 Å². The first-order valence-electron chi connectivity index (χ1n) is 5.17. The SMILES string of the molecule is CSCC(C)NS(=O)(=O)c1c(CN)n[nH]c1C. The summed E-state index contributed by atoms with van der Waals surface area (Å²) in [5, 5.41) is 6.52. The molecule has 1 aromatic rings. The summed E-state index contributed by atoms with van der Waals surface area (Å²) in [4.78, 5) is 0.174. The second-order valence-corrected chi connectivity index (χ2v) is 6.37. The summed E-state index contributed by atoms with van der Waals surface area (Å²) in [5.41, 5.74) is 6.35. The molecule has 8 heteroatoms. The van der Waals surface area contributed by atoms with Crippen LogP contribution >= 0.6 is 11.8 Å². The Bertz CT molecular complexity index is 469. The molecule has 0 aliphatic rings. The third-order valence-corrected chi connectivity index (χ3v) is 4.82. The number of sulfonamides is 1. The zero-order chi connectivity index (χ0) is 13.1. The highest BCUT2D eigenvalue weighted by atomic mass is 32.2. The zero-order valence-corrected chi connectivity index (χ0v) is 11.8. The van der Waals surface area contributed by atoms with Crippen LogP contribution in [0.2, 0.25) is 0 Å². The Labute approximate surface area is 106 Å². The lowest BCUT2D eigenvalue weighted by molar-refractivity contribution is 0.569. The summed E-state index contributed by atoms with van der Waals surface area (Å²) in [6.45, 7) is 3.59. The number of nitrogens with one attached hydrogen (secondary N) is 2. The van der Waals surface area contributed by atoms with Crippen LogP contribution in [0.3, 0.4) is 0 Å². The van der Waals surface area contributed by atoms with Crippen LogP contribution in [-0.2, 0) is 16.6 Å². The second-order valence-electron chi connectivity index (χ2n) is 3.81. The maximum Gasteiger partial charge on any atom is 0.244 e. The normalized spacial score (nSPS) is 13.9. The summed E-state index contributed by atoms with van der Waals surface area (Å²) < 4.78 is 26.9. The van der Waals surface area contributed by atoms with Gasteiger partial charge in [0, 0.05) is 18.3 Å². The van der Waals surface area contributed by atoms with Gasteiger partial charge in [-0.15, -0.1) is 0 Å². The molecule has 1 aromatic heterocycles. The molecule has 1 atom stereocenters. The Morgan fingerprint density at radius 1 is 1.59 bits per heavy atom. The molecular weight excluding hydrogens is 260 g/mol. The average molecular weight is 278 g/mol. The van der Waals surface area contributed by atoms with E-state index in [1.54, 1.807) is 18.7 Å². The van der Waals surface area contributed by atoms with Gasteiger partial charge in [0.2, 0.25) is 10.0 Å². The van der Waals surface area contributed by atoms with E-state index in [1.165, 1.54) is 0 Å². The number of aryl methyl sites for hydroxylation is 1. The van der Waals surface area contributed by atoms with Gasteiger partial charge in [0.05, 0.1) is 11.4 Å². The fraction of sp³-hybridized carbons (Fsp3) is 0.667. The van der Waals surface area contributed by atoms with Crippen LogP contribution in [0.4, 0.5) is 0 Å².